The topological polar surface area (TPSA) is 29.5 Å². The molecule has 1 aliphatic rings. The predicted octanol–water partition coefficient (Wildman–Crippen LogP) is 3.26. The fraction of sp³-hybridized carbons (Fsp3) is 0.500. The van der Waals surface area contributed by atoms with E-state index in [0.717, 1.165) is 22.0 Å². The zero-order valence-electron chi connectivity index (χ0n) is 11.6. The van der Waals surface area contributed by atoms with Gasteiger partial charge in [-0.2, -0.15) is 13.2 Å². The molecule has 0 fully saturated rings. The van der Waals surface area contributed by atoms with Gasteiger partial charge in [0.2, 0.25) is 0 Å². The van der Waals surface area contributed by atoms with Crippen LogP contribution >= 0.6 is 15.9 Å². The summed E-state index contributed by atoms with van der Waals surface area (Å²) in [4.78, 5) is 12.8. The Balaban J connectivity index is 2.27. The SMILES string of the molecule is CN(C)[C@]1(COC(=O)C(F)(F)F)CCc2cc(Br)ccc21. The van der Waals surface area contributed by atoms with Gasteiger partial charge >= 0.3 is 12.1 Å². The monoisotopic (exact) mass is 365 g/mol. The molecular weight excluding hydrogens is 351 g/mol. The highest BCUT2D eigenvalue weighted by molar-refractivity contribution is 9.10. The molecule has 1 aromatic carbocycles. The van der Waals surface area contributed by atoms with Crippen molar-refractivity contribution in [1.29, 1.82) is 0 Å². The highest BCUT2D eigenvalue weighted by Gasteiger charge is 2.46. The van der Waals surface area contributed by atoms with Crippen LogP contribution in [0, 0.1) is 0 Å². The molecule has 0 amide bonds. The lowest BCUT2D eigenvalue weighted by Crippen LogP contribution is -2.45. The number of benzene rings is 1. The van der Waals surface area contributed by atoms with Crippen molar-refractivity contribution < 1.29 is 22.7 Å². The van der Waals surface area contributed by atoms with Gasteiger partial charge in [-0.25, -0.2) is 4.79 Å². The van der Waals surface area contributed by atoms with Crippen LogP contribution in [0.25, 0.3) is 0 Å². The number of halogens is 4. The van der Waals surface area contributed by atoms with E-state index in [-0.39, 0.29) is 6.61 Å². The number of ether oxygens (including phenoxy) is 1. The summed E-state index contributed by atoms with van der Waals surface area (Å²) in [7, 11) is 3.55. The summed E-state index contributed by atoms with van der Waals surface area (Å²) in [5, 5.41) is 0. The van der Waals surface area contributed by atoms with Crippen molar-refractivity contribution in [3.8, 4) is 0 Å². The molecule has 21 heavy (non-hydrogen) atoms. The van der Waals surface area contributed by atoms with E-state index in [2.05, 4.69) is 20.7 Å². The summed E-state index contributed by atoms with van der Waals surface area (Å²) in [5.41, 5.74) is 1.25. The number of hydrogen-bond donors (Lipinski definition) is 0. The van der Waals surface area contributed by atoms with Gasteiger partial charge in [-0.15, -0.1) is 0 Å². The molecule has 3 nitrogen and oxygen atoms in total. The van der Waals surface area contributed by atoms with Gasteiger partial charge in [0, 0.05) is 4.47 Å². The van der Waals surface area contributed by atoms with E-state index in [1.807, 2.05) is 23.1 Å². The van der Waals surface area contributed by atoms with Gasteiger partial charge in [0.1, 0.15) is 6.61 Å². The van der Waals surface area contributed by atoms with Crippen molar-refractivity contribution in [2.24, 2.45) is 0 Å². The lowest BCUT2D eigenvalue weighted by atomic mass is 9.91. The Morgan fingerprint density at radius 2 is 2.10 bits per heavy atom. The molecule has 1 aromatic rings. The van der Waals surface area contributed by atoms with Crippen LogP contribution < -0.4 is 0 Å². The molecule has 1 aliphatic carbocycles. The van der Waals surface area contributed by atoms with E-state index in [9.17, 15) is 18.0 Å². The van der Waals surface area contributed by atoms with Crippen molar-refractivity contribution in [2.75, 3.05) is 20.7 Å². The molecule has 0 spiro atoms. The van der Waals surface area contributed by atoms with E-state index in [1.165, 1.54) is 0 Å². The molecule has 0 heterocycles. The quantitative estimate of drug-likeness (QED) is 0.770. The zero-order chi connectivity index (χ0) is 15.8. The third-order valence-corrected chi connectivity index (χ3v) is 4.40. The van der Waals surface area contributed by atoms with Gasteiger partial charge in [-0.3, -0.25) is 4.90 Å². The summed E-state index contributed by atoms with van der Waals surface area (Å²) >= 11 is 3.38. The van der Waals surface area contributed by atoms with Gasteiger partial charge in [-0.05, 0) is 50.2 Å². The van der Waals surface area contributed by atoms with Crippen LogP contribution in [0.4, 0.5) is 13.2 Å². The fourth-order valence-electron chi connectivity index (χ4n) is 2.71. The van der Waals surface area contributed by atoms with Crippen molar-refractivity contribution in [3.05, 3.63) is 33.8 Å². The van der Waals surface area contributed by atoms with Crippen LogP contribution in [-0.4, -0.2) is 37.7 Å². The van der Waals surface area contributed by atoms with Gasteiger partial charge in [0.25, 0.3) is 0 Å². The second-order valence-corrected chi connectivity index (χ2v) is 6.22. The number of alkyl halides is 3. The number of nitrogens with zero attached hydrogens (tertiary/aromatic N) is 1. The Hall–Kier alpha value is -1.08. The number of esters is 1. The maximum Gasteiger partial charge on any atom is 0.490 e. The summed E-state index contributed by atoms with van der Waals surface area (Å²) in [6, 6.07) is 5.66. The smallest absolute Gasteiger partial charge is 0.457 e. The van der Waals surface area contributed by atoms with E-state index in [4.69, 9.17) is 0 Å². The maximum atomic E-state index is 12.3. The number of rotatable bonds is 3. The molecule has 0 saturated heterocycles. The number of aryl methyl sites for hydroxylation is 1. The summed E-state index contributed by atoms with van der Waals surface area (Å²) in [5.74, 6) is -2.14. The molecule has 0 saturated carbocycles. The zero-order valence-corrected chi connectivity index (χ0v) is 13.2. The van der Waals surface area contributed by atoms with Crippen LogP contribution in [0.5, 0.6) is 0 Å². The first-order chi connectivity index (χ1) is 9.67. The third-order valence-electron chi connectivity index (χ3n) is 3.91. The minimum Gasteiger partial charge on any atom is -0.457 e. The molecule has 1 atom stereocenters. The molecule has 0 unspecified atom stereocenters. The first-order valence-corrected chi connectivity index (χ1v) is 7.16. The van der Waals surface area contributed by atoms with Crippen LogP contribution in [0.2, 0.25) is 0 Å². The summed E-state index contributed by atoms with van der Waals surface area (Å²) < 4.78 is 42.4. The van der Waals surface area contributed by atoms with Crippen LogP contribution in [0.15, 0.2) is 22.7 Å². The Morgan fingerprint density at radius 3 is 2.67 bits per heavy atom. The second kappa shape index (κ2) is 5.61. The molecule has 0 bridgehead atoms. The van der Waals surface area contributed by atoms with Crippen LogP contribution in [-0.2, 0) is 21.5 Å². The van der Waals surface area contributed by atoms with Crippen molar-refractivity contribution in [2.45, 2.75) is 24.6 Å². The van der Waals surface area contributed by atoms with E-state index in [1.54, 1.807) is 14.1 Å². The Kier molecular flexibility index (Phi) is 4.35. The van der Waals surface area contributed by atoms with E-state index in [0.29, 0.717) is 6.42 Å². The van der Waals surface area contributed by atoms with Crippen molar-refractivity contribution >= 4 is 21.9 Å². The molecule has 7 heteroatoms. The molecule has 0 radical (unpaired) electrons. The average molecular weight is 366 g/mol. The van der Waals surface area contributed by atoms with Gasteiger partial charge < -0.3 is 4.74 Å². The Bertz CT molecular complexity index is 560. The fourth-order valence-corrected chi connectivity index (χ4v) is 3.12. The lowest BCUT2D eigenvalue weighted by Gasteiger charge is -2.36. The third kappa shape index (κ3) is 3.08. The summed E-state index contributed by atoms with van der Waals surface area (Å²) in [6.45, 7) is -0.313. The molecule has 116 valence electrons. The standard InChI is InChI=1S/C14H15BrF3NO2/c1-19(2)13(8-21-12(20)14(16,17)18)6-5-9-7-10(15)3-4-11(9)13/h3-4,7H,5-6,8H2,1-2H3/t13-/m0/s1. The van der Waals surface area contributed by atoms with Crippen LogP contribution in [0.1, 0.15) is 17.5 Å². The van der Waals surface area contributed by atoms with Crippen LogP contribution in [0.3, 0.4) is 0 Å². The van der Waals surface area contributed by atoms with Gasteiger partial charge in [-0.1, -0.05) is 22.0 Å². The van der Waals surface area contributed by atoms with Crippen molar-refractivity contribution in [1.82, 2.24) is 4.90 Å². The minimum atomic E-state index is -4.96. The number of likely N-dealkylation sites (N-methyl/N-ethyl adjacent to an activating group) is 1. The Labute approximate surface area is 129 Å². The van der Waals surface area contributed by atoms with Gasteiger partial charge in [0.05, 0.1) is 5.54 Å². The summed E-state index contributed by atoms with van der Waals surface area (Å²) in [6.07, 6.45) is -3.62. The largest absolute Gasteiger partial charge is 0.490 e. The first kappa shape index (κ1) is 16.3. The van der Waals surface area contributed by atoms with Gasteiger partial charge in [0.15, 0.2) is 0 Å². The maximum absolute atomic E-state index is 12.3. The lowest BCUT2D eigenvalue weighted by molar-refractivity contribution is -0.203. The minimum absolute atomic E-state index is 0.313. The molecule has 0 aliphatic heterocycles. The molecule has 0 aromatic heterocycles. The molecular formula is C14H15BrF3NO2. The van der Waals surface area contributed by atoms with E-state index < -0.39 is 17.7 Å². The average Bonchev–Trinajstić information content (AvgIpc) is 2.74. The highest BCUT2D eigenvalue weighted by atomic mass is 79.9. The number of carbonyl (C=O) groups is 1. The number of carbonyl (C=O) groups excluding carboxylic acids is 1. The number of fused-ring (bicyclic) bond motifs is 1. The Morgan fingerprint density at radius 1 is 1.43 bits per heavy atom. The first-order valence-electron chi connectivity index (χ1n) is 6.37. The normalized spacial score (nSPS) is 21.5. The highest BCUT2D eigenvalue weighted by Crippen LogP contribution is 2.42. The second-order valence-electron chi connectivity index (χ2n) is 5.30. The molecule has 2 rings (SSSR count). The van der Waals surface area contributed by atoms with E-state index >= 15 is 0 Å². The number of hydrogen-bond acceptors (Lipinski definition) is 3. The predicted molar refractivity (Wildman–Crippen MR) is 74.8 cm³/mol. The van der Waals surface area contributed by atoms with Crippen molar-refractivity contribution in [3.63, 3.8) is 0 Å². The molecule has 0 N–H and O–H groups in total.